The first-order valence-electron chi connectivity index (χ1n) is 24.8. The van der Waals surface area contributed by atoms with E-state index in [2.05, 4.69) is 58.7 Å². The Labute approximate surface area is 434 Å². The molecule has 7 unspecified atom stereocenters. The van der Waals surface area contributed by atoms with Gasteiger partial charge in [-0.25, -0.2) is 28.6 Å². The van der Waals surface area contributed by atoms with E-state index in [1.54, 1.807) is 13.8 Å². The van der Waals surface area contributed by atoms with Gasteiger partial charge in [0.2, 0.25) is 11.8 Å². The molecule has 0 radical (unpaired) electrons. The molecule has 75 heavy (non-hydrogen) atoms. The fraction of sp³-hybridized carbons (Fsp3) is 0.674. The van der Waals surface area contributed by atoms with Gasteiger partial charge in [-0.05, 0) is 76.3 Å². The number of aliphatic carboxylic acids is 1. The number of anilines is 1. The molecule has 1 aromatic carbocycles. The monoisotopic (exact) mass is 1120 g/mol. The number of carboxylic acid groups (broad SMARTS) is 1. The van der Waals surface area contributed by atoms with Crippen LogP contribution in [0.3, 0.4) is 0 Å². The lowest BCUT2D eigenvalue weighted by molar-refractivity contribution is -0.147. The van der Waals surface area contributed by atoms with Gasteiger partial charge in [0.05, 0.1) is 25.0 Å². The van der Waals surface area contributed by atoms with E-state index in [4.69, 9.17) is 19.5 Å². The molecule has 2 fully saturated rings. The maximum atomic E-state index is 13.2. The summed E-state index contributed by atoms with van der Waals surface area (Å²) in [4.78, 5) is 101. The van der Waals surface area contributed by atoms with Crippen molar-refractivity contribution in [3.63, 3.8) is 0 Å². The zero-order chi connectivity index (χ0) is 55.4. The largest absolute Gasteiger partial charge is 0.481 e. The van der Waals surface area contributed by atoms with Gasteiger partial charge in [-0.1, -0.05) is 70.2 Å². The van der Waals surface area contributed by atoms with Gasteiger partial charge in [0.1, 0.15) is 42.0 Å². The number of aromatic nitrogens is 4. The zero-order valence-corrected chi connectivity index (χ0v) is 45.2. The SMILES string of the molecule is CC(C)(CCCCCCc1ccccc1CCCCCC1(C(=O)CCNC(=O)CCNC(=O)C(O)C(C)(C)COP(=O)(O)OP(=O)(O)OCC2OC(n3cnc4c(N)ncnc43)C(O)C2OP(=O)(O)O)CC1)C(=O)O. The Balaban J connectivity index is 0.958. The standard InChI is InChI=1S/C46H72N7O19P3/c1-44(2,43(59)60)20-12-6-5-8-14-30-16-10-11-17-31(30)15-9-7-13-21-46(22-23-46)33(54)18-24-48-34(55)19-25-49-41(58)38(57)45(3,4)27-69-75(66,67)72-74(64,65)68-26-32-37(71-73(61,62)63)36(56)42(70-32)53-29-52-35-39(47)50-28-51-40(35)53/h10-11,16-17,28-29,32,36-38,42,56-57H,5-9,12-15,18-27H2,1-4H3,(H,48,55)(H,49,58)(H,59,60)(H,64,65)(H,66,67)(H2,47,50,51)(H2,61,62,63). The number of ketones is 1. The first-order valence-corrected chi connectivity index (χ1v) is 29.3. The molecule has 26 nitrogen and oxygen atoms in total. The zero-order valence-electron chi connectivity index (χ0n) is 42.5. The molecular weight excluding hydrogens is 1050 g/mol. The number of nitrogens with two attached hydrogens (primary N) is 1. The number of ether oxygens (including phenoxy) is 1. The number of rotatable bonds is 34. The Bertz CT molecular complexity index is 2590. The molecule has 11 N–H and O–H groups in total. The predicted octanol–water partition coefficient (Wildman–Crippen LogP) is 4.55. The van der Waals surface area contributed by atoms with Crippen LogP contribution in [0.2, 0.25) is 0 Å². The molecule has 1 saturated carbocycles. The number of aliphatic hydroxyl groups is 2. The number of Topliss-reactive ketones (excluding diaryl/α,β-unsaturated/α-hetero) is 1. The molecular formula is C46H72N7O19P3. The van der Waals surface area contributed by atoms with Gasteiger partial charge >= 0.3 is 29.4 Å². The molecule has 3 heterocycles. The van der Waals surface area contributed by atoms with E-state index in [0.29, 0.717) is 6.42 Å². The van der Waals surface area contributed by atoms with Crippen LogP contribution in [0.25, 0.3) is 11.2 Å². The molecule has 7 atom stereocenters. The molecule has 1 aliphatic carbocycles. The summed E-state index contributed by atoms with van der Waals surface area (Å²) in [7, 11) is -16.5. The van der Waals surface area contributed by atoms with E-state index in [-0.39, 0.29) is 54.1 Å². The average molecular weight is 1120 g/mol. The molecule has 2 aromatic heterocycles. The summed E-state index contributed by atoms with van der Waals surface area (Å²) in [5.41, 5.74) is 5.90. The Kier molecular flexibility index (Phi) is 21.8. The van der Waals surface area contributed by atoms with Crippen LogP contribution in [-0.2, 0) is 68.3 Å². The Morgan fingerprint density at radius 1 is 0.867 bits per heavy atom. The number of carboxylic acids is 1. The summed E-state index contributed by atoms with van der Waals surface area (Å²) in [5, 5.41) is 36.1. The van der Waals surface area contributed by atoms with E-state index in [1.807, 2.05) is 0 Å². The van der Waals surface area contributed by atoms with Crippen LogP contribution in [0.1, 0.15) is 129 Å². The van der Waals surface area contributed by atoms with E-state index < -0.39 is 95.9 Å². The Hall–Kier alpha value is -4.10. The third kappa shape index (κ3) is 18.5. The third-order valence-electron chi connectivity index (χ3n) is 13.5. The number of nitrogen functional groups attached to an aromatic ring is 1. The van der Waals surface area contributed by atoms with Crippen molar-refractivity contribution in [3.8, 4) is 0 Å². The summed E-state index contributed by atoms with van der Waals surface area (Å²) < 4.78 is 62.7. The number of aliphatic hydroxyl groups excluding tert-OH is 2. The normalized spacial score (nSPS) is 20.8. The minimum atomic E-state index is -5.60. The quantitative estimate of drug-likeness (QED) is 0.0289. The second kappa shape index (κ2) is 26.5. The van der Waals surface area contributed by atoms with Crippen molar-refractivity contribution in [1.29, 1.82) is 0 Å². The Morgan fingerprint density at radius 2 is 1.48 bits per heavy atom. The van der Waals surface area contributed by atoms with E-state index in [1.165, 1.54) is 25.0 Å². The summed E-state index contributed by atoms with van der Waals surface area (Å²) >= 11 is 0. The lowest BCUT2D eigenvalue weighted by atomic mass is 9.87. The van der Waals surface area contributed by atoms with E-state index in [9.17, 15) is 67.8 Å². The molecule has 29 heteroatoms. The average Bonchev–Trinajstić information content (AvgIpc) is 3.90. The number of carbonyl (C=O) groups is 4. The highest BCUT2D eigenvalue weighted by atomic mass is 31.3. The molecule has 5 rings (SSSR count). The number of fused-ring (bicyclic) bond motifs is 1. The van der Waals surface area contributed by atoms with Crippen LogP contribution in [0.4, 0.5) is 5.82 Å². The van der Waals surface area contributed by atoms with Crippen LogP contribution in [0, 0.1) is 16.2 Å². The first-order chi connectivity index (χ1) is 35.1. The number of hydrogen-bond donors (Lipinski definition) is 10. The third-order valence-corrected chi connectivity index (χ3v) is 16.6. The van der Waals surface area contributed by atoms with Crippen LogP contribution >= 0.6 is 23.5 Å². The highest BCUT2D eigenvalue weighted by Crippen LogP contribution is 2.61. The topological polar surface area (TPSA) is 401 Å². The number of imidazole rings is 1. The minimum absolute atomic E-state index is 0.0269. The first kappa shape index (κ1) is 61.7. The predicted molar refractivity (Wildman–Crippen MR) is 268 cm³/mol. The number of benzene rings is 1. The van der Waals surface area contributed by atoms with Crippen molar-refractivity contribution in [3.05, 3.63) is 48.0 Å². The van der Waals surface area contributed by atoms with Gasteiger partial charge in [0.25, 0.3) is 0 Å². The smallest absolute Gasteiger partial charge is 0.481 e. The van der Waals surface area contributed by atoms with Gasteiger partial charge in [0.15, 0.2) is 17.7 Å². The number of nitrogens with zero attached hydrogens (tertiary/aromatic N) is 4. The van der Waals surface area contributed by atoms with Crippen LogP contribution < -0.4 is 16.4 Å². The number of phosphoric acid groups is 3. The van der Waals surface area contributed by atoms with Crippen LogP contribution in [0.15, 0.2) is 36.9 Å². The molecule has 0 spiro atoms. The van der Waals surface area contributed by atoms with Gasteiger partial charge in [0, 0.05) is 36.8 Å². The molecule has 1 aliphatic heterocycles. The number of nitrogens with one attached hydrogen (secondary N) is 2. The number of amides is 2. The van der Waals surface area contributed by atoms with Crippen molar-refractivity contribution < 1.29 is 90.4 Å². The van der Waals surface area contributed by atoms with Crippen LogP contribution in [0.5, 0.6) is 0 Å². The number of unbranched alkanes of at least 4 members (excludes halogenated alkanes) is 5. The Morgan fingerprint density at radius 3 is 2.11 bits per heavy atom. The highest BCUT2D eigenvalue weighted by Gasteiger charge is 2.51. The lowest BCUT2D eigenvalue weighted by Gasteiger charge is -2.30. The molecule has 2 amide bonds. The molecule has 2 aliphatic rings. The van der Waals surface area contributed by atoms with Gasteiger partial charge in [-0.2, -0.15) is 4.31 Å². The van der Waals surface area contributed by atoms with Gasteiger partial charge in [-0.15, -0.1) is 0 Å². The van der Waals surface area contributed by atoms with Crippen molar-refractivity contribution in [2.24, 2.45) is 16.2 Å². The number of carbonyl (C=O) groups excluding carboxylic acids is 3. The molecule has 420 valence electrons. The van der Waals surface area contributed by atoms with Crippen molar-refractivity contribution in [2.75, 3.05) is 32.0 Å². The second-order valence-corrected chi connectivity index (χ2v) is 24.7. The fourth-order valence-electron chi connectivity index (χ4n) is 8.68. The fourth-order valence-corrected chi connectivity index (χ4v) is 11.5. The number of phosphoric ester groups is 3. The van der Waals surface area contributed by atoms with Crippen molar-refractivity contribution in [1.82, 2.24) is 30.2 Å². The van der Waals surface area contributed by atoms with Gasteiger partial charge < -0.3 is 56.0 Å². The van der Waals surface area contributed by atoms with E-state index >= 15 is 0 Å². The number of aryl methyl sites for hydroxylation is 2. The second-order valence-electron chi connectivity index (χ2n) is 20.5. The van der Waals surface area contributed by atoms with Gasteiger partial charge in [-0.3, -0.25) is 37.3 Å². The summed E-state index contributed by atoms with van der Waals surface area (Å²) in [6.45, 7) is 3.92. The number of hydrogen-bond acceptors (Lipinski definition) is 18. The van der Waals surface area contributed by atoms with E-state index in [0.717, 1.165) is 94.3 Å². The van der Waals surface area contributed by atoms with Crippen molar-refractivity contribution in [2.45, 2.75) is 155 Å². The molecule has 3 aromatic rings. The molecule has 0 bridgehead atoms. The highest BCUT2D eigenvalue weighted by molar-refractivity contribution is 7.61. The maximum absolute atomic E-state index is 13.2. The molecule has 1 saturated heterocycles. The lowest BCUT2D eigenvalue weighted by Crippen LogP contribution is -2.46. The summed E-state index contributed by atoms with van der Waals surface area (Å²) in [6, 6.07) is 8.47. The summed E-state index contributed by atoms with van der Waals surface area (Å²) in [5.74, 6) is -2.14. The summed E-state index contributed by atoms with van der Waals surface area (Å²) in [6.07, 6.45) is 5.14. The van der Waals surface area contributed by atoms with Crippen LogP contribution in [-0.4, -0.2) is 129 Å². The maximum Gasteiger partial charge on any atom is 0.481 e. The minimum Gasteiger partial charge on any atom is -0.481 e. The van der Waals surface area contributed by atoms with Crippen molar-refractivity contribution >= 4 is 64.0 Å².